The Kier molecular flexibility index (Phi) is 9.34. The van der Waals surface area contributed by atoms with Crippen molar-refractivity contribution in [3.63, 3.8) is 0 Å². The van der Waals surface area contributed by atoms with E-state index in [0.717, 1.165) is 23.1 Å². The highest BCUT2D eigenvalue weighted by atomic mass is 19.4. The molecular formula is C24H28F6O3. The van der Waals surface area contributed by atoms with E-state index in [9.17, 15) is 41.7 Å². The lowest BCUT2D eigenvalue weighted by Crippen LogP contribution is -2.45. The van der Waals surface area contributed by atoms with Gasteiger partial charge in [-0.3, -0.25) is 0 Å². The summed E-state index contributed by atoms with van der Waals surface area (Å²) in [5.41, 5.74) is 4.61. The minimum absolute atomic E-state index is 0.105. The van der Waals surface area contributed by atoms with Crippen LogP contribution in [0, 0.1) is 12.8 Å². The van der Waals surface area contributed by atoms with Crippen LogP contribution >= 0.6 is 0 Å². The Hall–Kier alpha value is -2.10. The van der Waals surface area contributed by atoms with Crippen LogP contribution in [-0.2, 0) is 32.5 Å². The van der Waals surface area contributed by atoms with Gasteiger partial charge in [-0.25, -0.2) is 0 Å². The Balaban J connectivity index is 2.01. The molecule has 0 spiro atoms. The molecule has 0 bridgehead atoms. The molecule has 0 fully saturated rings. The molecule has 0 aromatic heterocycles. The van der Waals surface area contributed by atoms with Crippen molar-refractivity contribution >= 4 is 0 Å². The lowest BCUT2D eigenvalue weighted by molar-refractivity contribution is -0.306. The van der Waals surface area contributed by atoms with Gasteiger partial charge in [-0.15, -0.1) is 0 Å². The normalized spacial score (nSPS) is 13.5. The van der Waals surface area contributed by atoms with E-state index in [2.05, 4.69) is 0 Å². The van der Waals surface area contributed by atoms with Gasteiger partial charge in [0.1, 0.15) is 0 Å². The highest BCUT2D eigenvalue weighted by Gasteiger charge is 2.59. The van der Waals surface area contributed by atoms with Crippen LogP contribution in [0.2, 0.25) is 0 Å². The number of aliphatic hydroxyl groups is 3. The van der Waals surface area contributed by atoms with Crippen LogP contribution in [-0.4, -0.2) is 33.8 Å². The van der Waals surface area contributed by atoms with E-state index >= 15 is 0 Å². The molecule has 2 aromatic carbocycles. The zero-order valence-corrected chi connectivity index (χ0v) is 18.2. The second-order valence-corrected chi connectivity index (χ2v) is 8.14. The maximum atomic E-state index is 12.8. The molecule has 9 heteroatoms. The maximum Gasteiger partial charge on any atom is 0.403 e. The summed E-state index contributed by atoms with van der Waals surface area (Å²) in [4.78, 5) is 0. The standard InChI is InChI=1S/C24H28F6O3/c1-15-17(5-2-4-16-8-9-19(13-31)20(12-16)14-32)6-3-7-18(15)10-11-21(33)22(23(25,26)27)24(28,29)30/h3,6-9,12,21-22,31-33H,2,4-5,10-11,13-14H2,1H3. The summed E-state index contributed by atoms with van der Waals surface area (Å²) in [6.07, 6.45) is -12.4. The minimum atomic E-state index is -5.57. The van der Waals surface area contributed by atoms with Gasteiger partial charge in [-0.2, -0.15) is 26.3 Å². The number of aryl methyl sites for hydroxylation is 3. The minimum Gasteiger partial charge on any atom is -0.392 e. The molecule has 0 aliphatic rings. The topological polar surface area (TPSA) is 60.7 Å². The Morgan fingerprint density at radius 1 is 0.758 bits per heavy atom. The predicted octanol–water partition coefficient (Wildman–Crippen LogP) is 5.19. The van der Waals surface area contributed by atoms with E-state index < -0.39 is 30.8 Å². The van der Waals surface area contributed by atoms with Crippen molar-refractivity contribution in [1.29, 1.82) is 0 Å². The van der Waals surface area contributed by atoms with Crippen molar-refractivity contribution < 1.29 is 41.7 Å². The fourth-order valence-corrected chi connectivity index (χ4v) is 3.99. The summed E-state index contributed by atoms with van der Waals surface area (Å²) in [7, 11) is 0. The number of hydrogen-bond acceptors (Lipinski definition) is 3. The van der Waals surface area contributed by atoms with Gasteiger partial charge in [0.25, 0.3) is 0 Å². The van der Waals surface area contributed by atoms with Crippen molar-refractivity contribution in [2.75, 3.05) is 0 Å². The molecule has 0 heterocycles. The number of benzene rings is 2. The van der Waals surface area contributed by atoms with Crippen LogP contribution in [0.1, 0.15) is 46.2 Å². The molecule has 1 unspecified atom stereocenters. The summed E-state index contributed by atoms with van der Waals surface area (Å²) < 4.78 is 76.8. The molecule has 3 nitrogen and oxygen atoms in total. The third kappa shape index (κ3) is 7.45. The fourth-order valence-electron chi connectivity index (χ4n) is 3.99. The van der Waals surface area contributed by atoms with E-state index in [4.69, 9.17) is 0 Å². The second kappa shape index (κ2) is 11.4. The van der Waals surface area contributed by atoms with Gasteiger partial charge in [-0.05, 0) is 72.4 Å². The monoisotopic (exact) mass is 478 g/mol. The average Bonchev–Trinajstić information content (AvgIpc) is 2.71. The highest BCUT2D eigenvalue weighted by molar-refractivity contribution is 5.35. The summed E-state index contributed by atoms with van der Waals surface area (Å²) in [5, 5.41) is 28.4. The Morgan fingerprint density at radius 2 is 1.33 bits per heavy atom. The third-order valence-corrected chi connectivity index (χ3v) is 5.88. The molecule has 0 saturated carbocycles. The van der Waals surface area contributed by atoms with Gasteiger partial charge >= 0.3 is 12.4 Å². The van der Waals surface area contributed by atoms with Crippen LogP contribution in [0.15, 0.2) is 36.4 Å². The molecule has 0 saturated heterocycles. The van der Waals surface area contributed by atoms with E-state index in [1.807, 2.05) is 18.2 Å². The Bertz CT molecular complexity index is 894. The number of halogens is 6. The summed E-state index contributed by atoms with van der Waals surface area (Å²) >= 11 is 0. The molecule has 184 valence electrons. The SMILES string of the molecule is Cc1c(CCCc2ccc(CO)c(CO)c2)cccc1CCC(O)C(C(F)(F)F)C(F)(F)F. The first-order chi connectivity index (χ1) is 15.4. The van der Waals surface area contributed by atoms with Crippen molar-refractivity contribution in [3.05, 3.63) is 69.8 Å². The largest absolute Gasteiger partial charge is 0.403 e. The highest BCUT2D eigenvalue weighted by Crippen LogP contribution is 2.42. The van der Waals surface area contributed by atoms with E-state index in [1.54, 1.807) is 25.1 Å². The van der Waals surface area contributed by atoms with E-state index in [1.165, 1.54) is 0 Å². The molecule has 0 aliphatic carbocycles. The smallest absolute Gasteiger partial charge is 0.392 e. The summed E-state index contributed by atoms with van der Waals surface area (Å²) in [5.74, 6) is -3.77. The predicted molar refractivity (Wildman–Crippen MR) is 111 cm³/mol. The summed E-state index contributed by atoms with van der Waals surface area (Å²) in [6.45, 7) is 1.42. The van der Waals surface area contributed by atoms with Crippen LogP contribution < -0.4 is 0 Å². The lowest BCUT2D eigenvalue weighted by Gasteiger charge is -2.27. The molecular weight excluding hydrogens is 450 g/mol. The molecule has 0 aliphatic heterocycles. The fraction of sp³-hybridized carbons (Fsp3) is 0.500. The molecule has 0 radical (unpaired) electrons. The Morgan fingerprint density at radius 3 is 1.88 bits per heavy atom. The zero-order chi connectivity index (χ0) is 24.8. The van der Waals surface area contributed by atoms with Gasteiger partial charge in [0.05, 0.1) is 19.3 Å². The van der Waals surface area contributed by atoms with Gasteiger partial charge < -0.3 is 15.3 Å². The van der Waals surface area contributed by atoms with Gasteiger partial charge in [0, 0.05) is 0 Å². The molecule has 2 aromatic rings. The number of hydrogen-bond donors (Lipinski definition) is 3. The van der Waals surface area contributed by atoms with E-state index in [0.29, 0.717) is 29.5 Å². The van der Waals surface area contributed by atoms with Gasteiger partial charge in [-0.1, -0.05) is 36.4 Å². The van der Waals surface area contributed by atoms with Gasteiger partial charge in [0.2, 0.25) is 0 Å². The van der Waals surface area contributed by atoms with Crippen molar-refractivity contribution in [3.8, 4) is 0 Å². The average molecular weight is 478 g/mol. The zero-order valence-electron chi connectivity index (χ0n) is 18.2. The van der Waals surface area contributed by atoms with E-state index in [-0.39, 0.29) is 19.6 Å². The molecule has 0 amide bonds. The molecule has 33 heavy (non-hydrogen) atoms. The first kappa shape index (κ1) is 27.1. The number of aliphatic hydroxyl groups excluding tert-OH is 3. The first-order valence-corrected chi connectivity index (χ1v) is 10.6. The third-order valence-electron chi connectivity index (χ3n) is 5.88. The lowest BCUT2D eigenvalue weighted by atomic mass is 9.91. The van der Waals surface area contributed by atoms with Crippen LogP contribution in [0.4, 0.5) is 26.3 Å². The van der Waals surface area contributed by atoms with Gasteiger partial charge in [0.15, 0.2) is 5.92 Å². The summed E-state index contributed by atoms with van der Waals surface area (Å²) in [6, 6.07) is 10.7. The molecule has 1 atom stereocenters. The van der Waals surface area contributed by atoms with Crippen LogP contribution in [0.3, 0.4) is 0 Å². The second-order valence-electron chi connectivity index (χ2n) is 8.14. The molecule has 2 rings (SSSR count). The Labute approximate surface area is 188 Å². The number of alkyl halides is 6. The number of rotatable bonds is 10. The maximum absolute atomic E-state index is 12.8. The van der Waals surface area contributed by atoms with Crippen LogP contribution in [0.25, 0.3) is 0 Å². The van der Waals surface area contributed by atoms with Crippen molar-refractivity contribution in [1.82, 2.24) is 0 Å². The van der Waals surface area contributed by atoms with Crippen molar-refractivity contribution in [2.24, 2.45) is 5.92 Å². The quantitative estimate of drug-likeness (QED) is 0.412. The molecule has 3 N–H and O–H groups in total. The van der Waals surface area contributed by atoms with Crippen LogP contribution in [0.5, 0.6) is 0 Å². The first-order valence-electron chi connectivity index (χ1n) is 10.6. The van der Waals surface area contributed by atoms with Crippen molar-refractivity contribution in [2.45, 2.75) is 70.7 Å².